The zero-order chi connectivity index (χ0) is 11.5. The van der Waals surface area contributed by atoms with E-state index in [1.807, 2.05) is 20.8 Å². The van der Waals surface area contributed by atoms with E-state index in [4.69, 9.17) is 4.74 Å². The molecule has 1 rings (SSSR count). The third kappa shape index (κ3) is 3.52. The molecule has 4 heteroatoms. The van der Waals surface area contributed by atoms with Crippen molar-refractivity contribution in [3.05, 3.63) is 11.8 Å². The second-order valence-electron chi connectivity index (χ2n) is 4.70. The van der Waals surface area contributed by atoms with Crippen LogP contribution >= 0.6 is 0 Å². The number of ether oxygens (including phenoxy) is 1. The molecule has 15 heavy (non-hydrogen) atoms. The van der Waals surface area contributed by atoms with Gasteiger partial charge in [-0.15, -0.1) is 0 Å². The minimum atomic E-state index is -2.82. The van der Waals surface area contributed by atoms with Crippen molar-refractivity contribution < 1.29 is 13.2 Å². The summed E-state index contributed by atoms with van der Waals surface area (Å²) in [5, 5.41) is 0. The molecule has 1 fully saturated rings. The molecule has 0 bridgehead atoms. The molecule has 0 spiro atoms. The van der Waals surface area contributed by atoms with Crippen LogP contribution in [-0.4, -0.2) is 26.5 Å². The van der Waals surface area contributed by atoms with Gasteiger partial charge in [-0.25, -0.2) is 8.42 Å². The van der Waals surface area contributed by atoms with Crippen LogP contribution in [0.15, 0.2) is 11.8 Å². The van der Waals surface area contributed by atoms with Crippen molar-refractivity contribution in [1.82, 2.24) is 0 Å². The van der Waals surface area contributed by atoms with Crippen LogP contribution in [0.4, 0.5) is 0 Å². The highest BCUT2D eigenvalue weighted by Gasteiger charge is 2.41. The van der Waals surface area contributed by atoms with Gasteiger partial charge in [-0.3, -0.25) is 0 Å². The number of sulfone groups is 1. The van der Waals surface area contributed by atoms with Crippen LogP contribution in [0, 0.1) is 5.41 Å². The Morgan fingerprint density at radius 3 is 2.53 bits per heavy atom. The SMILES string of the molecule is CCC1(COC=C(C)C)CCS(=O)(=O)C1. The van der Waals surface area contributed by atoms with Crippen molar-refractivity contribution in [3.63, 3.8) is 0 Å². The molecule has 0 N–H and O–H groups in total. The van der Waals surface area contributed by atoms with Gasteiger partial charge >= 0.3 is 0 Å². The summed E-state index contributed by atoms with van der Waals surface area (Å²) >= 11 is 0. The fourth-order valence-electron chi connectivity index (χ4n) is 1.86. The van der Waals surface area contributed by atoms with E-state index >= 15 is 0 Å². The van der Waals surface area contributed by atoms with Crippen LogP contribution in [-0.2, 0) is 14.6 Å². The first-order valence-corrected chi connectivity index (χ1v) is 7.17. The van der Waals surface area contributed by atoms with Gasteiger partial charge in [0.15, 0.2) is 9.84 Å². The minimum absolute atomic E-state index is 0.148. The average Bonchev–Trinajstić information content (AvgIpc) is 2.42. The lowest BCUT2D eigenvalue weighted by atomic mass is 9.86. The number of allylic oxidation sites excluding steroid dienone is 1. The molecule has 1 heterocycles. The fourth-order valence-corrected chi connectivity index (χ4v) is 4.12. The molecular formula is C11H20O3S. The van der Waals surface area contributed by atoms with Crippen LogP contribution < -0.4 is 0 Å². The van der Waals surface area contributed by atoms with Gasteiger partial charge < -0.3 is 4.74 Å². The quantitative estimate of drug-likeness (QED) is 0.697. The topological polar surface area (TPSA) is 43.4 Å². The van der Waals surface area contributed by atoms with E-state index in [9.17, 15) is 8.42 Å². The van der Waals surface area contributed by atoms with Crippen molar-refractivity contribution in [2.45, 2.75) is 33.6 Å². The molecule has 0 aromatic heterocycles. The fraction of sp³-hybridized carbons (Fsp3) is 0.818. The molecule has 1 saturated heterocycles. The number of rotatable bonds is 4. The first-order valence-electron chi connectivity index (χ1n) is 5.35. The molecule has 0 saturated carbocycles. The Morgan fingerprint density at radius 1 is 1.47 bits per heavy atom. The predicted molar refractivity (Wildman–Crippen MR) is 61.4 cm³/mol. The molecule has 1 unspecified atom stereocenters. The highest BCUT2D eigenvalue weighted by Crippen LogP contribution is 2.35. The Balaban J connectivity index is 2.60. The summed E-state index contributed by atoms with van der Waals surface area (Å²) in [7, 11) is -2.82. The monoisotopic (exact) mass is 232 g/mol. The molecule has 0 aromatic rings. The molecule has 88 valence electrons. The molecule has 0 radical (unpaired) electrons. The zero-order valence-corrected chi connectivity index (χ0v) is 10.6. The minimum Gasteiger partial charge on any atom is -0.501 e. The van der Waals surface area contributed by atoms with Crippen LogP contribution in [0.5, 0.6) is 0 Å². The molecule has 1 aliphatic rings. The highest BCUT2D eigenvalue weighted by atomic mass is 32.2. The van der Waals surface area contributed by atoms with E-state index < -0.39 is 9.84 Å². The summed E-state index contributed by atoms with van der Waals surface area (Å²) in [6.07, 6.45) is 3.31. The van der Waals surface area contributed by atoms with E-state index in [0.717, 1.165) is 18.4 Å². The Hall–Kier alpha value is -0.510. The average molecular weight is 232 g/mol. The first kappa shape index (κ1) is 12.6. The van der Waals surface area contributed by atoms with Crippen molar-refractivity contribution >= 4 is 9.84 Å². The van der Waals surface area contributed by atoms with E-state index in [-0.39, 0.29) is 11.2 Å². The maximum absolute atomic E-state index is 11.4. The maximum Gasteiger partial charge on any atom is 0.151 e. The second kappa shape index (κ2) is 4.56. The van der Waals surface area contributed by atoms with Gasteiger partial charge in [0.1, 0.15) is 0 Å². The van der Waals surface area contributed by atoms with Gasteiger partial charge in [-0.2, -0.15) is 0 Å². The Bertz CT molecular complexity index is 339. The van der Waals surface area contributed by atoms with Crippen molar-refractivity contribution in [2.24, 2.45) is 5.41 Å². The molecule has 0 amide bonds. The molecule has 3 nitrogen and oxygen atoms in total. The van der Waals surface area contributed by atoms with Gasteiger partial charge in [0.25, 0.3) is 0 Å². The number of hydrogen-bond acceptors (Lipinski definition) is 3. The first-order chi connectivity index (χ1) is 6.89. The second-order valence-corrected chi connectivity index (χ2v) is 6.89. The van der Waals surface area contributed by atoms with Crippen molar-refractivity contribution in [1.29, 1.82) is 0 Å². The molecule has 1 aliphatic heterocycles. The molecular weight excluding hydrogens is 212 g/mol. The van der Waals surface area contributed by atoms with Crippen LogP contribution in [0.3, 0.4) is 0 Å². The summed E-state index contributed by atoms with van der Waals surface area (Å²) in [5.41, 5.74) is 0.951. The summed E-state index contributed by atoms with van der Waals surface area (Å²) in [4.78, 5) is 0. The summed E-state index contributed by atoms with van der Waals surface area (Å²) in [6, 6.07) is 0. The van der Waals surface area contributed by atoms with Crippen LogP contribution in [0.2, 0.25) is 0 Å². The summed E-state index contributed by atoms with van der Waals surface area (Å²) in [5.74, 6) is 0.603. The molecule has 0 aromatic carbocycles. The van der Waals surface area contributed by atoms with E-state index in [0.29, 0.717) is 12.4 Å². The molecule has 1 atom stereocenters. The highest BCUT2D eigenvalue weighted by molar-refractivity contribution is 7.91. The lowest BCUT2D eigenvalue weighted by Gasteiger charge is -2.24. The Labute approximate surface area is 92.4 Å². The standard InChI is InChI=1S/C11H20O3S/c1-4-11(8-14-7-10(2)3)5-6-15(12,13)9-11/h7H,4-6,8-9H2,1-3H3. The van der Waals surface area contributed by atoms with E-state index in [2.05, 4.69) is 0 Å². The van der Waals surface area contributed by atoms with Crippen molar-refractivity contribution in [2.75, 3.05) is 18.1 Å². The lowest BCUT2D eigenvalue weighted by molar-refractivity contribution is 0.123. The normalized spacial score (nSPS) is 28.7. The zero-order valence-electron chi connectivity index (χ0n) is 9.75. The predicted octanol–water partition coefficient (Wildman–Crippen LogP) is 2.14. The van der Waals surface area contributed by atoms with Crippen LogP contribution in [0.1, 0.15) is 33.6 Å². The van der Waals surface area contributed by atoms with Gasteiger partial charge in [-0.1, -0.05) is 6.92 Å². The lowest BCUT2D eigenvalue weighted by Crippen LogP contribution is -2.26. The largest absolute Gasteiger partial charge is 0.501 e. The maximum atomic E-state index is 11.4. The third-order valence-corrected chi connectivity index (χ3v) is 4.81. The van der Waals surface area contributed by atoms with Crippen molar-refractivity contribution in [3.8, 4) is 0 Å². The number of hydrogen-bond donors (Lipinski definition) is 0. The third-order valence-electron chi connectivity index (χ3n) is 2.93. The van der Waals surface area contributed by atoms with Gasteiger partial charge in [0.2, 0.25) is 0 Å². The summed E-state index contributed by atoms with van der Waals surface area (Å²) < 4.78 is 28.3. The van der Waals surface area contributed by atoms with E-state index in [1.165, 1.54) is 0 Å². The van der Waals surface area contributed by atoms with Crippen LogP contribution in [0.25, 0.3) is 0 Å². The summed E-state index contributed by atoms with van der Waals surface area (Å²) in [6.45, 7) is 6.48. The molecule has 0 aliphatic carbocycles. The smallest absolute Gasteiger partial charge is 0.151 e. The van der Waals surface area contributed by atoms with Gasteiger partial charge in [0, 0.05) is 5.41 Å². The Kier molecular flexibility index (Phi) is 3.82. The Morgan fingerprint density at radius 2 is 2.13 bits per heavy atom. The van der Waals surface area contributed by atoms with E-state index in [1.54, 1.807) is 6.26 Å². The van der Waals surface area contributed by atoms with Gasteiger partial charge in [-0.05, 0) is 32.3 Å². The van der Waals surface area contributed by atoms with Gasteiger partial charge in [0.05, 0.1) is 24.4 Å².